The molecule has 2 aromatic carbocycles. The van der Waals surface area contributed by atoms with Gasteiger partial charge in [0.25, 0.3) is 11.8 Å². The van der Waals surface area contributed by atoms with Crippen molar-refractivity contribution < 1.29 is 23.1 Å². The van der Waals surface area contributed by atoms with Gasteiger partial charge in [-0.1, -0.05) is 26.0 Å². The second-order valence-electron chi connectivity index (χ2n) is 8.33. The zero-order chi connectivity index (χ0) is 22.8. The number of hydrogen-bond acceptors (Lipinski definition) is 4. The molecule has 0 spiro atoms. The Morgan fingerprint density at radius 2 is 1.81 bits per heavy atom. The quantitative estimate of drug-likeness (QED) is 0.607. The van der Waals surface area contributed by atoms with Gasteiger partial charge in [-0.05, 0) is 55.0 Å². The first-order chi connectivity index (χ1) is 15.4. The van der Waals surface area contributed by atoms with Gasteiger partial charge in [0, 0.05) is 19.2 Å². The molecule has 7 heteroatoms. The summed E-state index contributed by atoms with van der Waals surface area (Å²) in [5.41, 5.74) is 0.613. The summed E-state index contributed by atoms with van der Waals surface area (Å²) in [5.74, 6) is -1.82. The molecule has 1 unspecified atom stereocenters. The van der Waals surface area contributed by atoms with E-state index in [1.165, 1.54) is 0 Å². The highest BCUT2D eigenvalue weighted by Crippen LogP contribution is 2.37. The number of ether oxygens (including phenoxy) is 1. The summed E-state index contributed by atoms with van der Waals surface area (Å²) >= 11 is 0. The van der Waals surface area contributed by atoms with E-state index in [1.807, 2.05) is 11.8 Å². The van der Waals surface area contributed by atoms with E-state index in [9.17, 15) is 18.4 Å². The molecule has 0 N–H and O–H groups in total. The molecule has 0 bridgehead atoms. The molecular formula is C25H26F2N2O3. The van der Waals surface area contributed by atoms with Gasteiger partial charge in [-0.3, -0.25) is 9.59 Å². The number of likely N-dealkylation sites (tertiary alicyclic amines) is 1. The summed E-state index contributed by atoms with van der Waals surface area (Å²) < 4.78 is 34.0. The van der Waals surface area contributed by atoms with E-state index in [0.29, 0.717) is 36.9 Å². The number of piperidine rings is 1. The highest BCUT2D eigenvalue weighted by atomic mass is 19.1. The van der Waals surface area contributed by atoms with Gasteiger partial charge in [-0.25, -0.2) is 13.7 Å². The molecule has 5 nitrogen and oxygen atoms in total. The second kappa shape index (κ2) is 9.10. The molecule has 0 aliphatic carbocycles. The molecule has 2 aliphatic heterocycles. The molecule has 0 saturated carbocycles. The highest BCUT2D eigenvalue weighted by Gasteiger charge is 2.44. The summed E-state index contributed by atoms with van der Waals surface area (Å²) in [4.78, 5) is 29.6. The van der Waals surface area contributed by atoms with E-state index in [4.69, 9.17) is 4.74 Å². The Balaban J connectivity index is 1.78. The van der Waals surface area contributed by atoms with E-state index in [0.717, 1.165) is 42.4 Å². The van der Waals surface area contributed by atoms with E-state index in [-0.39, 0.29) is 17.0 Å². The first-order valence-electron chi connectivity index (χ1n) is 11.0. The summed E-state index contributed by atoms with van der Waals surface area (Å²) in [6.07, 6.45) is 2.79. The number of halogens is 2. The van der Waals surface area contributed by atoms with Crippen LogP contribution in [0.15, 0.2) is 48.2 Å². The van der Waals surface area contributed by atoms with Gasteiger partial charge in [0.05, 0.1) is 17.9 Å². The van der Waals surface area contributed by atoms with Crippen LogP contribution in [0, 0.1) is 17.6 Å². The number of anilines is 1. The minimum atomic E-state index is -0.830. The maximum absolute atomic E-state index is 14.5. The normalized spacial score (nSPS) is 19.2. The first kappa shape index (κ1) is 22.0. The molecule has 1 fully saturated rings. The molecule has 4 rings (SSSR count). The number of nitrogens with zero attached hydrogens (tertiary/aromatic N) is 2. The van der Waals surface area contributed by atoms with Crippen molar-refractivity contribution in [3.63, 3.8) is 0 Å². The van der Waals surface area contributed by atoms with Crippen molar-refractivity contribution in [1.82, 2.24) is 4.90 Å². The maximum Gasteiger partial charge on any atom is 0.282 e. The van der Waals surface area contributed by atoms with Crippen LogP contribution in [0.4, 0.5) is 14.5 Å². The Labute approximate surface area is 186 Å². The molecule has 1 atom stereocenters. The van der Waals surface area contributed by atoms with Gasteiger partial charge in [-0.15, -0.1) is 0 Å². The number of carbonyl (C=O) groups excluding carboxylic acids is 2. The Morgan fingerprint density at radius 3 is 2.50 bits per heavy atom. The molecule has 2 heterocycles. The third-order valence-electron chi connectivity index (χ3n) is 5.80. The molecule has 2 aliphatic rings. The van der Waals surface area contributed by atoms with Crippen LogP contribution in [0.2, 0.25) is 0 Å². The Morgan fingerprint density at radius 1 is 1.06 bits per heavy atom. The standard InChI is InChI=1S/C25H26F2N2O3/c1-3-13-32-19-9-6-17(7-10-19)22-23(28-12-4-5-16(2)15-28)25(31)29(24(22)30)21-14-18(26)8-11-20(21)27/h6-11,14,16H,3-5,12-13,15H2,1-2H3. The summed E-state index contributed by atoms with van der Waals surface area (Å²) in [6, 6.07) is 9.71. The van der Waals surface area contributed by atoms with Gasteiger partial charge >= 0.3 is 0 Å². The number of imide groups is 1. The van der Waals surface area contributed by atoms with E-state index in [2.05, 4.69) is 6.92 Å². The maximum atomic E-state index is 14.5. The van der Waals surface area contributed by atoms with Crippen LogP contribution >= 0.6 is 0 Å². The van der Waals surface area contributed by atoms with Crippen LogP contribution in [0.25, 0.3) is 5.57 Å². The number of rotatable bonds is 6. The van der Waals surface area contributed by atoms with Crippen molar-refractivity contribution in [3.8, 4) is 5.75 Å². The van der Waals surface area contributed by atoms with Crippen LogP contribution in [-0.4, -0.2) is 36.4 Å². The van der Waals surface area contributed by atoms with Gasteiger partial charge in [0.1, 0.15) is 23.1 Å². The first-order valence-corrected chi connectivity index (χ1v) is 11.0. The minimum Gasteiger partial charge on any atom is -0.494 e. The average Bonchev–Trinajstić information content (AvgIpc) is 3.04. The van der Waals surface area contributed by atoms with Crippen molar-refractivity contribution in [2.24, 2.45) is 5.92 Å². The lowest BCUT2D eigenvalue weighted by Gasteiger charge is -2.33. The van der Waals surface area contributed by atoms with Crippen LogP contribution in [0.3, 0.4) is 0 Å². The predicted octanol–water partition coefficient (Wildman–Crippen LogP) is 4.77. The van der Waals surface area contributed by atoms with Crippen LogP contribution in [0.5, 0.6) is 5.75 Å². The van der Waals surface area contributed by atoms with Crippen LogP contribution in [0.1, 0.15) is 38.7 Å². The van der Waals surface area contributed by atoms with Gasteiger partial charge < -0.3 is 9.64 Å². The summed E-state index contributed by atoms with van der Waals surface area (Å²) in [7, 11) is 0. The van der Waals surface area contributed by atoms with Gasteiger partial charge in [0.2, 0.25) is 0 Å². The summed E-state index contributed by atoms with van der Waals surface area (Å²) in [6.45, 7) is 5.92. The molecule has 2 amide bonds. The lowest BCUT2D eigenvalue weighted by atomic mass is 9.97. The average molecular weight is 440 g/mol. The third-order valence-corrected chi connectivity index (χ3v) is 5.80. The summed E-state index contributed by atoms with van der Waals surface area (Å²) in [5, 5.41) is 0. The SMILES string of the molecule is CCCOc1ccc(C2=C(N3CCCC(C)C3)C(=O)N(c3cc(F)ccc3F)C2=O)cc1. The van der Waals surface area contributed by atoms with Crippen molar-refractivity contribution in [2.45, 2.75) is 33.1 Å². The largest absolute Gasteiger partial charge is 0.494 e. The predicted molar refractivity (Wildman–Crippen MR) is 118 cm³/mol. The zero-order valence-corrected chi connectivity index (χ0v) is 18.2. The molecule has 168 valence electrons. The Kier molecular flexibility index (Phi) is 6.26. The Hall–Kier alpha value is -3.22. The van der Waals surface area contributed by atoms with E-state index >= 15 is 0 Å². The van der Waals surface area contributed by atoms with Crippen molar-refractivity contribution >= 4 is 23.1 Å². The fourth-order valence-electron chi connectivity index (χ4n) is 4.28. The second-order valence-corrected chi connectivity index (χ2v) is 8.33. The zero-order valence-electron chi connectivity index (χ0n) is 18.2. The molecule has 1 saturated heterocycles. The van der Waals surface area contributed by atoms with Crippen molar-refractivity contribution in [3.05, 3.63) is 65.4 Å². The lowest BCUT2D eigenvalue weighted by molar-refractivity contribution is -0.120. The fraction of sp³-hybridized carbons (Fsp3) is 0.360. The third kappa shape index (κ3) is 4.11. The van der Waals surface area contributed by atoms with Crippen molar-refractivity contribution in [1.29, 1.82) is 0 Å². The molecule has 0 aromatic heterocycles. The smallest absolute Gasteiger partial charge is 0.282 e. The Bertz CT molecular complexity index is 1070. The number of benzene rings is 2. The molecule has 2 aromatic rings. The number of hydrogen-bond donors (Lipinski definition) is 0. The van der Waals surface area contributed by atoms with Gasteiger partial charge in [-0.2, -0.15) is 0 Å². The lowest BCUT2D eigenvalue weighted by Crippen LogP contribution is -2.39. The van der Waals surface area contributed by atoms with E-state index < -0.39 is 23.4 Å². The molecular weight excluding hydrogens is 414 g/mol. The van der Waals surface area contributed by atoms with Crippen LogP contribution in [-0.2, 0) is 9.59 Å². The molecule has 32 heavy (non-hydrogen) atoms. The fourth-order valence-corrected chi connectivity index (χ4v) is 4.28. The van der Waals surface area contributed by atoms with E-state index in [1.54, 1.807) is 24.3 Å². The minimum absolute atomic E-state index is 0.204. The number of carbonyl (C=O) groups is 2. The molecule has 0 radical (unpaired) electrons. The van der Waals surface area contributed by atoms with Crippen LogP contribution < -0.4 is 9.64 Å². The van der Waals surface area contributed by atoms with Gasteiger partial charge in [0.15, 0.2) is 0 Å². The monoisotopic (exact) mass is 440 g/mol. The number of amides is 2. The topological polar surface area (TPSA) is 49.9 Å². The highest BCUT2D eigenvalue weighted by molar-refractivity contribution is 6.45. The van der Waals surface area contributed by atoms with Crippen molar-refractivity contribution in [2.75, 3.05) is 24.6 Å².